The zero-order chi connectivity index (χ0) is 16.0. The van der Waals surface area contributed by atoms with E-state index in [-0.39, 0.29) is 25.3 Å². The molecular weight excluding hydrogens is 276 g/mol. The Hall–Kier alpha value is -0.890. The fourth-order valence-electron chi connectivity index (χ4n) is 2.31. The third-order valence-corrected chi connectivity index (χ3v) is 3.27. The van der Waals surface area contributed by atoms with Crippen molar-refractivity contribution >= 4 is 6.09 Å². The van der Waals surface area contributed by atoms with E-state index in [2.05, 4.69) is 0 Å². The molecule has 21 heavy (non-hydrogen) atoms. The summed E-state index contributed by atoms with van der Waals surface area (Å²) in [6.45, 7) is 7.58. The number of aliphatic hydroxyl groups is 2. The normalized spacial score (nSPS) is 22.2. The number of nitrogens with zero attached hydrogens (tertiary/aromatic N) is 2. The fraction of sp³-hybridized carbons (Fsp3) is 0.929. The van der Waals surface area contributed by atoms with Crippen molar-refractivity contribution in [3.8, 4) is 0 Å². The average molecular weight is 304 g/mol. The van der Waals surface area contributed by atoms with Crippen molar-refractivity contribution in [3.05, 3.63) is 0 Å². The van der Waals surface area contributed by atoms with Crippen LogP contribution in [0.5, 0.6) is 0 Å². The predicted octanol–water partition coefficient (Wildman–Crippen LogP) is -0.0927. The van der Waals surface area contributed by atoms with Gasteiger partial charge < -0.3 is 24.6 Å². The molecule has 0 bridgehead atoms. The van der Waals surface area contributed by atoms with Crippen LogP contribution in [0.2, 0.25) is 0 Å². The molecular formula is C14H28N2O5. The molecule has 7 heteroatoms. The Morgan fingerprint density at radius 2 is 2.05 bits per heavy atom. The maximum absolute atomic E-state index is 12.0. The minimum atomic E-state index is -0.600. The fourth-order valence-corrected chi connectivity index (χ4v) is 2.31. The number of hydrogen-bond acceptors (Lipinski definition) is 6. The van der Waals surface area contributed by atoms with Crippen LogP contribution in [0, 0.1) is 0 Å². The Morgan fingerprint density at radius 1 is 1.38 bits per heavy atom. The molecule has 0 spiro atoms. The standard InChI is InChI=1S/C14H28N2O5/c1-14(2,3)21-13(19)16-6-5-15(11(7-16)9-17)8-12(18)10-20-4/h11-12,17-18H,5-10H2,1-4H3/t11?,12-/m0/s1. The number of carbonyl (C=O) groups excluding carboxylic acids is 1. The molecule has 1 saturated heterocycles. The van der Waals surface area contributed by atoms with Gasteiger partial charge in [-0.3, -0.25) is 4.90 Å². The van der Waals surface area contributed by atoms with Gasteiger partial charge in [-0.05, 0) is 20.8 Å². The molecule has 0 radical (unpaired) electrons. The molecule has 1 aliphatic rings. The van der Waals surface area contributed by atoms with Gasteiger partial charge in [-0.25, -0.2) is 4.79 Å². The summed E-state index contributed by atoms with van der Waals surface area (Å²) in [5, 5.41) is 19.3. The van der Waals surface area contributed by atoms with Crippen molar-refractivity contribution in [3.63, 3.8) is 0 Å². The van der Waals surface area contributed by atoms with E-state index in [1.54, 1.807) is 4.90 Å². The summed E-state index contributed by atoms with van der Waals surface area (Å²) < 4.78 is 10.2. The summed E-state index contributed by atoms with van der Waals surface area (Å²) in [5.41, 5.74) is -0.530. The maximum Gasteiger partial charge on any atom is 0.410 e. The second kappa shape index (κ2) is 7.93. The van der Waals surface area contributed by atoms with Gasteiger partial charge >= 0.3 is 6.09 Å². The van der Waals surface area contributed by atoms with E-state index >= 15 is 0 Å². The lowest BCUT2D eigenvalue weighted by Gasteiger charge is -2.41. The molecule has 1 heterocycles. The summed E-state index contributed by atoms with van der Waals surface area (Å²) in [5.74, 6) is 0. The van der Waals surface area contributed by atoms with Crippen LogP contribution in [0.1, 0.15) is 20.8 Å². The van der Waals surface area contributed by atoms with E-state index < -0.39 is 11.7 Å². The first-order chi connectivity index (χ1) is 9.76. The SMILES string of the molecule is COC[C@@H](O)CN1CCN(C(=O)OC(C)(C)C)CC1CO. The van der Waals surface area contributed by atoms with E-state index in [0.717, 1.165) is 0 Å². The molecule has 0 aromatic heterocycles. The molecule has 124 valence electrons. The quantitative estimate of drug-likeness (QED) is 0.738. The van der Waals surface area contributed by atoms with Crippen molar-refractivity contribution in [1.29, 1.82) is 0 Å². The van der Waals surface area contributed by atoms with Crippen LogP contribution >= 0.6 is 0 Å². The van der Waals surface area contributed by atoms with Gasteiger partial charge in [0.05, 0.1) is 25.4 Å². The smallest absolute Gasteiger partial charge is 0.410 e. The van der Waals surface area contributed by atoms with Crippen molar-refractivity contribution in [2.24, 2.45) is 0 Å². The van der Waals surface area contributed by atoms with Crippen LogP contribution in [-0.2, 0) is 9.47 Å². The van der Waals surface area contributed by atoms with Gasteiger partial charge in [-0.15, -0.1) is 0 Å². The lowest BCUT2D eigenvalue weighted by molar-refractivity contribution is -0.0243. The number of rotatable bonds is 5. The Bertz CT molecular complexity index is 332. The van der Waals surface area contributed by atoms with Crippen LogP contribution < -0.4 is 0 Å². The highest BCUT2D eigenvalue weighted by Crippen LogP contribution is 2.15. The number of ether oxygens (including phenoxy) is 2. The van der Waals surface area contributed by atoms with Crippen LogP contribution in [0.15, 0.2) is 0 Å². The molecule has 0 aromatic carbocycles. The van der Waals surface area contributed by atoms with E-state index in [9.17, 15) is 15.0 Å². The first kappa shape index (κ1) is 18.2. The number of β-amino-alcohol motifs (C(OH)–C–C–N with tert-alkyl or cyclic N) is 1. The van der Waals surface area contributed by atoms with E-state index in [1.807, 2.05) is 25.7 Å². The van der Waals surface area contributed by atoms with Gasteiger partial charge in [0.2, 0.25) is 0 Å². The molecule has 2 N–H and O–H groups in total. The Kier molecular flexibility index (Phi) is 6.86. The molecule has 1 fully saturated rings. The highest BCUT2D eigenvalue weighted by Gasteiger charge is 2.32. The van der Waals surface area contributed by atoms with Crippen molar-refractivity contribution < 1.29 is 24.5 Å². The molecule has 1 rings (SSSR count). The van der Waals surface area contributed by atoms with Crippen LogP contribution in [0.25, 0.3) is 0 Å². The van der Waals surface area contributed by atoms with Gasteiger partial charge in [-0.2, -0.15) is 0 Å². The number of aliphatic hydroxyl groups excluding tert-OH is 2. The number of piperazine rings is 1. The molecule has 0 aromatic rings. The van der Waals surface area contributed by atoms with Gasteiger partial charge in [-0.1, -0.05) is 0 Å². The number of carbonyl (C=O) groups is 1. The Morgan fingerprint density at radius 3 is 2.57 bits per heavy atom. The highest BCUT2D eigenvalue weighted by atomic mass is 16.6. The maximum atomic E-state index is 12.0. The lowest BCUT2D eigenvalue weighted by Crippen LogP contribution is -2.58. The average Bonchev–Trinajstić information content (AvgIpc) is 2.37. The molecule has 1 amide bonds. The topological polar surface area (TPSA) is 82.5 Å². The first-order valence-corrected chi connectivity index (χ1v) is 7.26. The Balaban J connectivity index is 2.54. The zero-order valence-electron chi connectivity index (χ0n) is 13.4. The summed E-state index contributed by atoms with van der Waals surface area (Å²) >= 11 is 0. The predicted molar refractivity (Wildman–Crippen MR) is 78.1 cm³/mol. The molecule has 2 atom stereocenters. The van der Waals surface area contributed by atoms with Crippen LogP contribution in [-0.4, -0.2) is 90.4 Å². The second-order valence-corrected chi connectivity index (χ2v) is 6.37. The van der Waals surface area contributed by atoms with E-state index in [4.69, 9.17) is 9.47 Å². The van der Waals surface area contributed by atoms with E-state index in [0.29, 0.717) is 26.2 Å². The molecule has 7 nitrogen and oxygen atoms in total. The third-order valence-electron chi connectivity index (χ3n) is 3.27. The van der Waals surface area contributed by atoms with Crippen molar-refractivity contribution in [2.75, 3.05) is 46.5 Å². The molecule has 0 saturated carbocycles. The molecule has 1 aliphatic heterocycles. The lowest BCUT2D eigenvalue weighted by atomic mass is 10.1. The summed E-state index contributed by atoms with van der Waals surface area (Å²) in [6.07, 6.45) is -0.963. The summed E-state index contributed by atoms with van der Waals surface area (Å²) in [7, 11) is 1.53. The number of methoxy groups -OCH3 is 1. The van der Waals surface area contributed by atoms with Gasteiger partial charge in [0.1, 0.15) is 5.60 Å². The van der Waals surface area contributed by atoms with Crippen LogP contribution in [0.3, 0.4) is 0 Å². The van der Waals surface area contributed by atoms with Gasteiger partial charge in [0.15, 0.2) is 0 Å². The minimum absolute atomic E-state index is 0.0704. The second-order valence-electron chi connectivity index (χ2n) is 6.37. The third kappa shape index (κ3) is 6.17. The largest absolute Gasteiger partial charge is 0.444 e. The number of amides is 1. The van der Waals surface area contributed by atoms with Gasteiger partial charge in [0, 0.05) is 33.3 Å². The van der Waals surface area contributed by atoms with Gasteiger partial charge in [0.25, 0.3) is 0 Å². The highest BCUT2D eigenvalue weighted by molar-refractivity contribution is 5.68. The zero-order valence-corrected chi connectivity index (χ0v) is 13.4. The van der Waals surface area contributed by atoms with Crippen molar-refractivity contribution in [1.82, 2.24) is 9.80 Å². The minimum Gasteiger partial charge on any atom is -0.444 e. The first-order valence-electron chi connectivity index (χ1n) is 7.26. The van der Waals surface area contributed by atoms with E-state index in [1.165, 1.54) is 7.11 Å². The van der Waals surface area contributed by atoms with Crippen LogP contribution in [0.4, 0.5) is 4.79 Å². The summed E-state index contributed by atoms with van der Waals surface area (Å²) in [6, 6.07) is -0.197. The molecule has 1 unspecified atom stereocenters. The monoisotopic (exact) mass is 304 g/mol. The Labute approximate surface area is 126 Å². The number of hydrogen-bond donors (Lipinski definition) is 2. The van der Waals surface area contributed by atoms with Crippen molar-refractivity contribution in [2.45, 2.75) is 38.5 Å². The summed E-state index contributed by atoms with van der Waals surface area (Å²) in [4.78, 5) is 15.6. The molecule has 0 aliphatic carbocycles.